The Hall–Kier alpha value is -2.25. The highest BCUT2D eigenvalue weighted by Crippen LogP contribution is 2.38. The van der Waals surface area contributed by atoms with Gasteiger partial charge in [0.15, 0.2) is 0 Å². The molecule has 1 fully saturated rings. The highest BCUT2D eigenvalue weighted by atomic mass is 32.2. The van der Waals surface area contributed by atoms with Crippen molar-refractivity contribution in [1.29, 1.82) is 0 Å². The third kappa shape index (κ3) is 4.52. The predicted octanol–water partition coefficient (Wildman–Crippen LogP) is 5.91. The van der Waals surface area contributed by atoms with Gasteiger partial charge in [0.1, 0.15) is 5.82 Å². The monoisotopic (exact) mass is 483 g/mol. The number of fused-ring (bicyclic) bond motifs is 2. The van der Waals surface area contributed by atoms with Crippen molar-refractivity contribution in [2.75, 3.05) is 0 Å². The lowest BCUT2D eigenvalue weighted by Gasteiger charge is -2.21. The van der Waals surface area contributed by atoms with Crippen molar-refractivity contribution < 1.29 is 12.8 Å². The summed E-state index contributed by atoms with van der Waals surface area (Å²) in [7, 11) is -3.36. The number of aryl methyl sites for hydroxylation is 1. The van der Waals surface area contributed by atoms with Gasteiger partial charge in [-0.1, -0.05) is 20.8 Å². The maximum atomic E-state index is 15.7. The summed E-state index contributed by atoms with van der Waals surface area (Å²) >= 11 is 0. The minimum absolute atomic E-state index is 0.00432. The molecule has 5 rings (SSSR count). The Labute approximate surface area is 201 Å². The van der Waals surface area contributed by atoms with Crippen molar-refractivity contribution >= 4 is 20.9 Å². The van der Waals surface area contributed by atoms with Crippen molar-refractivity contribution in [3.63, 3.8) is 0 Å². The van der Waals surface area contributed by atoms with Crippen LogP contribution in [0.2, 0.25) is 0 Å². The second-order valence-electron chi connectivity index (χ2n) is 11.2. The Morgan fingerprint density at radius 2 is 1.91 bits per heavy atom. The van der Waals surface area contributed by atoms with Gasteiger partial charge in [-0.05, 0) is 85.8 Å². The highest BCUT2D eigenvalue weighted by Gasteiger charge is 2.37. The molecule has 3 aromatic rings. The van der Waals surface area contributed by atoms with Crippen LogP contribution in [0.3, 0.4) is 0 Å². The normalized spacial score (nSPS) is 17.7. The van der Waals surface area contributed by atoms with E-state index in [9.17, 15) is 8.42 Å². The molecule has 0 spiro atoms. The maximum Gasteiger partial charge on any atom is 0.215 e. The van der Waals surface area contributed by atoms with Crippen molar-refractivity contribution in [2.24, 2.45) is 5.41 Å². The lowest BCUT2D eigenvalue weighted by molar-refractivity contribution is 0.349. The van der Waals surface area contributed by atoms with Gasteiger partial charge in [-0.3, -0.25) is 4.98 Å². The summed E-state index contributed by atoms with van der Waals surface area (Å²) in [4.78, 5) is 4.55. The molecule has 0 aliphatic heterocycles. The van der Waals surface area contributed by atoms with Gasteiger partial charge < -0.3 is 4.57 Å². The largest absolute Gasteiger partial charge is 0.347 e. The minimum Gasteiger partial charge on any atom is -0.347 e. The van der Waals surface area contributed by atoms with E-state index in [1.54, 1.807) is 12.3 Å². The highest BCUT2D eigenvalue weighted by molar-refractivity contribution is 7.90. The first-order valence-corrected chi connectivity index (χ1v) is 13.9. The number of halogens is 1. The van der Waals surface area contributed by atoms with Crippen molar-refractivity contribution in [2.45, 2.75) is 84.1 Å². The van der Waals surface area contributed by atoms with Crippen LogP contribution in [0.5, 0.6) is 0 Å². The van der Waals surface area contributed by atoms with Crippen LogP contribution in [0.15, 0.2) is 30.6 Å². The van der Waals surface area contributed by atoms with E-state index < -0.39 is 16.1 Å². The Kier molecular flexibility index (Phi) is 5.84. The van der Waals surface area contributed by atoms with Gasteiger partial charge in [-0.15, -0.1) is 0 Å². The van der Waals surface area contributed by atoms with Crippen LogP contribution in [0, 0.1) is 11.2 Å². The topological polar surface area (TPSA) is 64.0 Å². The van der Waals surface area contributed by atoms with Gasteiger partial charge in [0.25, 0.3) is 0 Å². The van der Waals surface area contributed by atoms with E-state index >= 15 is 4.39 Å². The third-order valence-corrected chi connectivity index (χ3v) is 8.97. The average Bonchev–Trinajstić information content (AvgIpc) is 3.57. The second-order valence-corrected chi connectivity index (χ2v) is 13.2. The van der Waals surface area contributed by atoms with Gasteiger partial charge >= 0.3 is 0 Å². The Balaban J connectivity index is 1.64. The molecule has 2 heterocycles. The fourth-order valence-corrected chi connectivity index (χ4v) is 6.76. The fourth-order valence-electron chi connectivity index (χ4n) is 5.19. The van der Waals surface area contributed by atoms with Gasteiger partial charge in [0.2, 0.25) is 10.0 Å². The molecule has 0 unspecified atom stereocenters. The maximum absolute atomic E-state index is 15.7. The average molecular weight is 484 g/mol. The van der Waals surface area contributed by atoms with Gasteiger partial charge in [0.05, 0.1) is 5.25 Å². The molecule has 34 heavy (non-hydrogen) atoms. The molecule has 1 aromatic carbocycles. The van der Waals surface area contributed by atoms with Gasteiger partial charge in [-0.2, -0.15) is 0 Å². The predicted molar refractivity (Wildman–Crippen MR) is 135 cm³/mol. The van der Waals surface area contributed by atoms with E-state index in [0.717, 1.165) is 65.5 Å². The lowest BCUT2D eigenvalue weighted by Crippen LogP contribution is -2.29. The number of nitrogens with zero attached hydrogens (tertiary/aromatic N) is 2. The standard InChI is InChI=1S/C27H34FN3O2S/c1-17(30-34(32,33)18-9-10-18)23-15-31(16-27(2,3)4)26-14-21(24(28)13-22(23)26)19-11-12-29-25-8-6-5-7-20(19)25/h11-15,17-18,30H,5-10,16H2,1-4H3/t17-/m1/s1. The quantitative estimate of drug-likeness (QED) is 0.474. The number of benzene rings is 1. The number of aromatic nitrogens is 2. The molecule has 2 aromatic heterocycles. The summed E-state index contributed by atoms with van der Waals surface area (Å²) in [5.74, 6) is -0.279. The molecule has 0 radical (unpaired) electrons. The zero-order valence-electron chi connectivity index (χ0n) is 20.5. The van der Waals surface area contributed by atoms with E-state index in [1.165, 1.54) is 0 Å². The smallest absolute Gasteiger partial charge is 0.215 e. The van der Waals surface area contributed by atoms with Gasteiger partial charge in [-0.25, -0.2) is 17.5 Å². The van der Waals surface area contributed by atoms with Crippen LogP contribution >= 0.6 is 0 Å². The molecule has 5 nitrogen and oxygen atoms in total. The van der Waals surface area contributed by atoms with Crippen molar-refractivity contribution in [1.82, 2.24) is 14.3 Å². The lowest BCUT2D eigenvalue weighted by atomic mass is 9.89. The molecule has 182 valence electrons. The zero-order valence-corrected chi connectivity index (χ0v) is 21.3. The summed E-state index contributed by atoms with van der Waals surface area (Å²) < 4.78 is 45.9. The molecule has 7 heteroatoms. The SMILES string of the molecule is C[C@@H](NS(=O)(=O)C1CC1)c1cn(CC(C)(C)C)c2cc(-c3ccnc4c3CCCC4)c(F)cc12. The molecule has 0 amide bonds. The fraction of sp³-hybridized carbons (Fsp3) is 0.519. The van der Waals surface area contributed by atoms with E-state index in [2.05, 4.69) is 35.0 Å². The number of nitrogens with one attached hydrogen (secondary N) is 1. The Bertz CT molecular complexity index is 1350. The first-order chi connectivity index (χ1) is 16.0. The van der Waals surface area contributed by atoms with Crippen LogP contribution in [0.1, 0.15) is 76.2 Å². The number of hydrogen-bond acceptors (Lipinski definition) is 3. The zero-order chi connectivity index (χ0) is 24.3. The van der Waals surface area contributed by atoms with Crippen molar-refractivity contribution in [3.8, 4) is 11.1 Å². The Morgan fingerprint density at radius 3 is 2.62 bits per heavy atom. The summed E-state index contributed by atoms with van der Waals surface area (Å²) in [5, 5.41) is 0.471. The molecule has 1 N–H and O–H groups in total. The van der Waals surface area contributed by atoms with Crippen molar-refractivity contribution in [3.05, 3.63) is 53.2 Å². The molecule has 1 atom stereocenters. The molecule has 0 bridgehead atoms. The molecule has 2 aliphatic rings. The van der Waals surface area contributed by atoms with E-state index in [1.807, 2.05) is 25.3 Å². The number of sulfonamides is 1. The summed E-state index contributed by atoms with van der Waals surface area (Å²) in [6, 6.07) is 5.04. The van der Waals surface area contributed by atoms with Gasteiger partial charge in [0, 0.05) is 47.1 Å². The van der Waals surface area contributed by atoms with Crippen LogP contribution in [0.25, 0.3) is 22.0 Å². The van der Waals surface area contributed by atoms with Crippen LogP contribution in [-0.4, -0.2) is 23.2 Å². The molecular formula is C27H34FN3O2S. The first kappa shape index (κ1) is 23.5. The summed E-state index contributed by atoms with van der Waals surface area (Å²) in [5.41, 5.74) is 5.51. The number of rotatable bonds is 6. The number of pyridine rings is 1. The minimum atomic E-state index is -3.36. The van der Waals surface area contributed by atoms with Crippen LogP contribution < -0.4 is 4.72 Å². The molecule has 2 aliphatic carbocycles. The second kappa shape index (κ2) is 8.45. The van der Waals surface area contributed by atoms with Crippen LogP contribution in [0.4, 0.5) is 4.39 Å². The van der Waals surface area contributed by atoms with E-state index in [0.29, 0.717) is 18.4 Å². The molecule has 0 saturated heterocycles. The first-order valence-electron chi connectivity index (χ1n) is 12.3. The third-order valence-electron chi connectivity index (χ3n) is 6.94. The summed E-state index contributed by atoms with van der Waals surface area (Å²) in [6.07, 6.45) is 9.29. The molecule has 1 saturated carbocycles. The summed E-state index contributed by atoms with van der Waals surface area (Å²) in [6.45, 7) is 9.09. The van der Waals surface area contributed by atoms with E-state index in [4.69, 9.17) is 0 Å². The Morgan fingerprint density at radius 1 is 1.18 bits per heavy atom. The number of hydrogen-bond donors (Lipinski definition) is 1. The molecular weight excluding hydrogens is 449 g/mol. The van der Waals surface area contributed by atoms with E-state index in [-0.39, 0.29) is 16.5 Å². The van der Waals surface area contributed by atoms with Crippen LogP contribution in [-0.2, 0) is 29.4 Å².